The predicted molar refractivity (Wildman–Crippen MR) is 182 cm³/mol. The lowest BCUT2D eigenvalue weighted by molar-refractivity contribution is -0.161. The van der Waals surface area contributed by atoms with E-state index in [1.165, 1.54) is 89.9 Å². The Hall–Kier alpha value is -1.88. The maximum Gasteiger partial charge on any atom is 0.306 e. The van der Waals surface area contributed by atoms with Gasteiger partial charge in [0.05, 0.1) is 6.61 Å². The molecule has 0 rings (SSSR count). The lowest BCUT2D eigenvalue weighted by Crippen LogP contribution is -2.28. The number of unbranched alkanes of at least 4 members (excludes halogenated alkanes) is 18. The summed E-state index contributed by atoms with van der Waals surface area (Å²) < 4.78 is 10.5. The molecule has 0 amide bonds. The summed E-state index contributed by atoms with van der Waals surface area (Å²) >= 11 is 0. The zero-order valence-electron chi connectivity index (χ0n) is 28.2. The Balaban J connectivity index is 3.59. The van der Waals surface area contributed by atoms with Crippen LogP contribution in [0.5, 0.6) is 0 Å². The fourth-order valence-corrected chi connectivity index (χ4v) is 4.86. The quantitative estimate of drug-likeness (QED) is 0.0470. The second-order valence-corrected chi connectivity index (χ2v) is 11.9. The molecule has 0 aromatic carbocycles. The fraction of sp³-hybridized carbons (Fsp3) is 0.789. The lowest BCUT2D eigenvalue weighted by atomic mass is 10.1. The Morgan fingerprint density at radius 2 is 0.953 bits per heavy atom. The highest BCUT2D eigenvalue weighted by Crippen LogP contribution is 2.12. The summed E-state index contributed by atoms with van der Waals surface area (Å²) in [6.07, 6.45) is 40.5. The van der Waals surface area contributed by atoms with Gasteiger partial charge in [0.25, 0.3) is 0 Å². The molecule has 1 N–H and O–H groups in total. The SMILES string of the molecule is CCCC/C=C\CCCCCCCC(=O)OCC(CO)OC(=O)CCCCCCCCC/C=C\C/C=C\CCCCCC. The predicted octanol–water partition coefficient (Wildman–Crippen LogP) is 10.9. The van der Waals surface area contributed by atoms with Gasteiger partial charge in [-0.25, -0.2) is 0 Å². The molecule has 250 valence electrons. The van der Waals surface area contributed by atoms with Crippen molar-refractivity contribution in [2.24, 2.45) is 0 Å². The van der Waals surface area contributed by atoms with Gasteiger partial charge in [-0.2, -0.15) is 0 Å². The van der Waals surface area contributed by atoms with Crippen LogP contribution in [0.3, 0.4) is 0 Å². The van der Waals surface area contributed by atoms with Crippen LogP contribution in [-0.2, 0) is 19.1 Å². The number of rotatable bonds is 32. The first-order valence-corrected chi connectivity index (χ1v) is 18.0. The van der Waals surface area contributed by atoms with Crippen molar-refractivity contribution >= 4 is 11.9 Å². The number of hydrogen-bond acceptors (Lipinski definition) is 5. The van der Waals surface area contributed by atoms with E-state index in [0.717, 1.165) is 57.8 Å². The molecule has 1 atom stereocenters. The Kier molecular flexibility index (Phi) is 33.1. The minimum atomic E-state index is -0.776. The second kappa shape index (κ2) is 34.6. The van der Waals surface area contributed by atoms with Gasteiger partial charge in [0.2, 0.25) is 0 Å². The van der Waals surface area contributed by atoms with E-state index in [-0.39, 0.29) is 25.2 Å². The van der Waals surface area contributed by atoms with E-state index in [1.54, 1.807) is 0 Å². The molecule has 1 unspecified atom stereocenters. The minimum Gasteiger partial charge on any atom is -0.462 e. The Morgan fingerprint density at radius 1 is 0.535 bits per heavy atom. The first kappa shape index (κ1) is 41.1. The summed E-state index contributed by atoms with van der Waals surface area (Å²) in [5.74, 6) is -0.613. The third-order valence-electron chi connectivity index (χ3n) is 7.66. The van der Waals surface area contributed by atoms with E-state index in [2.05, 4.69) is 50.3 Å². The summed E-state index contributed by atoms with van der Waals surface area (Å²) in [7, 11) is 0. The Bertz CT molecular complexity index is 696. The van der Waals surface area contributed by atoms with Crippen molar-refractivity contribution in [2.45, 2.75) is 180 Å². The first-order chi connectivity index (χ1) is 21.1. The summed E-state index contributed by atoms with van der Waals surface area (Å²) in [6, 6.07) is 0. The minimum absolute atomic E-state index is 0.0730. The zero-order chi connectivity index (χ0) is 31.5. The highest BCUT2D eigenvalue weighted by Gasteiger charge is 2.16. The van der Waals surface area contributed by atoms with Crippen molar-refractivity contribution in [3.05, 3.63) is 36.5 Å². The molecule has 0 heterocycles. The van der Waals surface area contributed by atoms with E-state index >= 15 is 0 Å². The molecule has 0 aromatic heterocycles. The molecular weight excluding hydrogens is 536 g/mol. The van der Waals surface area contributed by atoms with Gasteiger partial charge < -0.3 is 14.6 Å². The molecule has 43 heavy (non-hydrogen) atoms. The molecule has 0 aromatic rings. The van der Waals surface area contributed by atoms with Crippen molar-refractivity contribution in [1.29, 1.82) is 0 Å². The summed E-state index contributed by atoms with van der Waals surface area (Å²) in [5.41, 5.74) is 0. The molecule has 0 saturated carbocycles. The van der Waals surface area contributed by atoms with E-state index in [0.29, 0.717) is 12.8 Å². The van der Waals surface area contributed by atoms with Crippen LogP contribution in [0, 0.1) is 0 Å². The molecule has 0 bridgehead atoms. The van der Waals surface area contributed by atoms with Crippen LogP contribution in [0.25, 0.3) is 0 Å². The first-order valence-electron chi connectivity index (χ1n) is 18.0. The van der Waals surface area contributed by atoms with Crippen LogP contribution in [-0.4, -0.2) is 36.4 Å². The molecule has 0 fully saturated rings. The van der Waals surface area contributed by atoms with Crippen molar-refractivity contribution in [1.82, 2.24) is 0 Å². The maximum absolute atomic E-state index is 12.1. The van der Waals surface area contributed by atoms with Gasteiger partial charge in [-0.3, -0.25) is 9.59 Å². The zero-order valence-corrected chi connectivity index (χ0v) is 28.2. The molecule has 0 aliphatic carbocycles. The number of allylic oxidation sites excluding steroid dienone is 6. The lowest BCUT2D eigenvalue weighted by Gasteiger charge is -2.15. The van der Waals surface area contributed by atoms with E-state index in [1.807, 2.05) is 0 Å². The van der Waals surface area contributed by atoms with Crippen LogP contribution >= 0.6 is 0 Å². The van der Waals surface area contributed by atoms with Gasteiger partial charge in [0, 0.05) is 12.8 Å². The van der Waals surface area contributed by atoms with Crippen LogP contribution in [0.4, 0.5) is 0 Å². The van der Waals surface area contributed by atoms with Crippen molar-refractivity contribution in [3.63, 3.8) is 0 Å². The van der Waals surface area contributed by atoms with Crippen molar-refractivity contribution in [2.75, 3.05) is 13.2 Å². The highest BCUT2D eigenvalue weighted by molar-refractivity contribution is 5.70. The third kappa shape index (κ3) is 32.9. The molecule has 0 aliphatic rings. The fourth-order valence-electron chi connectivity index (χ4n) is 4.86. The van der Waals surface area contributed by atoms with Crippen molar-refractivity contribution < 1.29 is 24.2 Å². The highest BCUT2D eigenvalue weighted by atomic mass is 16.6. The molecule has 0 radical (unpaired) electrons. The smallest absolute Gasteiger partial charge is 0.306 e. The van der Waals surface area contributed by atoms with Gasteiger partial charge in [-0.1, -0.05) is 134 Å². The molecule has 5 heteroatoms. The van der Waals surface area contributed by atoms with Crippen LogP contribution < -0.4 is 0 Å². The average molecular weight is 605 g/mol. The second-order valence-electron chi connectivity index (χ2n) is 11.9. The monoisotopic (exact) mass is 605 g/mol. The number of aliphatic hydroxyl groups is 1. The Labute approximate surface area is 266 Å². The largest absolute Gasteiger partial charge is 0.462 e. The Morgan fingerprint density at radius 3 is 1.47 bits per heavy atom. The number of carbonyl (C=O) groups is 2. The number of aliphatic hydroxyl groups excluding tert-OH is 1. The molecule has 0 spiro atoms. The van der Waals surface area contributed by atoms with Crippen LogP contribution in [0.15, 0.2) is 36.5 Å². The van der Waals surface area contributed by atoms with Crippen LogP contribution in [0.1, 0.15) is 174 Å². The summed E-state index contributed by atoms with van der Waals surface area (Å²) in [5, 5.41) is 9.51. The normalized spacial score (nSPS) is 12.5. The standard InChI is InChI=1S/C38H68O5/c1-3-5-7-9-11-13-15-16-17-18-19-20-21-23-25-27-29-31-33-38(41)43-36(34-39)35-42-37(40)32-30-28-26-24-22-14-12-10-8-6-4-2/h10,12-13,15,17-18,36,39H,3-9,11,14,16,19-35H2,1-2H3/b12-10-,15-13-,18-17-. The molecular formula is C38H68O5. The van der Waals surface area contributed by atoms with E-state index in [9.17, 15) is 14.7 Å². The average Bonchev–Trinajstić information content (AvgIpc) is 3.01. The van der Waals surface area contributed by atoms with Gasteiger partial charge >= 0.3 is 11.9 Å². The van der Waals surface area contributed by atoms with Crippen LogP contribution in [0.2, 0.25) is 0 Å². The van der Waals surface area contributed by atoms with Gasteiger partial charge in [0.15, 0.2) is 6.10 Å². The number of esters is 2. The van der Waals surface area contributed by atoms with Gasteiger partial charge in [0.1, 0.15) is 6.61 Å². The summed E-state index contributed by atoms with van der Waals surface area (Å²) in [6.45, 7) is 4.06. The molecule has 0 aliphatic heterocycles. The van der Waals surface area contributed by atoms with E-state index < -0.39 is 6.10 Å². The van der Waals surface area contributed by atoms with E-state index in [4.69, 9.17) is 9.47 Å². The van der Waals surface area contributed by atoms with Gasteiger partial charge in [-0.15, -0.1) is 0 Å². The number of hydrogen-bond donors (Lipinski definition) is 1. The molecule has 0 saturated heterocycles. The van der Waals surface area contributed by atoms with Gasteiger partial charge in [-0.05, 0) is 64.2 Å². The third-order valence-corrected chi connectivity index (χ3v) is 7.66. The van der Waals surface area contributed by atoms with Crippen molar-refractivity contribution in [3.8, 4) is 0 Å². The summed E-state index contributed by atoms with van der Waals surface area (Å²) in [4.78, 5) is 24.1. The maximum atomic E-state index is 12.1. The topological polar surface area (TPSA) is 72.8 Å². The number of carbonyl (C=O) groups excluding carboxylic acids is 2. The number of ether oxygens (including phenoxy) is 2. The molecule has 5 nitrogen and oxygen atoms in total.